The summed E-state index contributed by atoms with van der Waals surface area (Å²) >= 11 is 0. The van der Waals surface area contributed by atoms with Gasteiger partial charge in [-0.05, 0) is 48.4 Å². The van der Waals surface area contributed by atoms with Gasteiger partial charge in [0, 0.05) is 31.8 Å². The Balaban J connectivity index is 1.92. The number of sulfonamides is 1. The van der Waals surface area contributed by atoms with Gasteiger partial charge < -0.3 is 15.0 Å². The fraction of sp³-hybridized carbons (Fsp3) is 0.263. The summed E-state index contributed by atoms with van der Waals surface area (Å²) in [5.41, 5.74) is 2.19. The van der Waals surface area contributed by atoms with Crippen molar-refractivity contribution in [3.63, 3.8) is 0 Å². The van der Waals surface area contributed by atoms with Gasteiger partial charge in [-0.25, -0.2) is 8.42 Å². The van der Waals surface area contributed by atoms with Gasteiger partial charge in [-0.3, -0.25) is 14.3 Å². The third-order valence-electron chi connectivity index (χ3n) is 4.40. The maximum atomic E-state index is 12.9. The lowest BCUT2D eigenvalue weighted by Crippen LogP contribution is -2.25. The van der Waals surface area contributed by atoms with Crippen LogP contribution in [0.4, 0.5) is 17.1 Å². The highest BCUT2D eigenvalue weighted by molar-refractivity contribution is 7.92. The van der Waals surface area contributed by atoms with Gasteiger partial charge in [-0.15, -0.1) is 0 Å². The van der Waals surface area contributed by atoms with E-state index in [1.807, 2.05) is 0 Å². The molecule has 2 aromatic carbocycles. The first-order valence-electron chi connectivity index (χ1n) is 8.61. The van der Waals surface area contributed by atoms with E-state index in [0.717, 1.165) is 11.3 Å². The van der Waals surface area contributed by atoms with Crippen molar-refractivity contribution in [3.8, 4) is 5.75 Å². The number of methoxy groups -OCH3 is 1. The van der Waals surface area contributed by atoms with E-state index in [4.69, 9.17) is 4.74 Å². The largest absolute Gasteiger partial charge is 0.495 e. The van der Waals surface area contributed by atoms with Crippen molar-refractivity contribution in [2.24, 2.45) is 0 Å². The molecule has 2 N–H and O–H groups in total. The normalized spacial score (nSPS) is 13.0. The fourth-order valence-electron chi connectivity index (χ4n) is 3.14. The average Bonchev–Trinajstić information content (AvgIpc) is 3.04. The zero-order chi connectivity index (χ0) is 20.5. The second-order valence-electron chi connectivity index (χ2n) is 6.41. The van der Waals surface area contributed by atoms with Gasteiger partial charge in [0.25, 0.3) is 10.0 Å². The molecule has 3 rings (SSSR count). The molecule has 0 aliphatic carbocycles. The van der Waals surface area contributed by atoms with Crippen LogP contribution in [-0.4, -0.2) is 33.9 Å². The number of ether oxygens (including phenoxy) is 1. The second kappa shape index (κ2) is 7.51. The van der Waals surface area contributed by atoms with Gasteiger partial charge in [-0.1, -0.05) is 0 Å². The van der Waals surface area contributed by atoms with Gasteiger partial charge in [0.05, 0.1) is 17.7 Å². The molecule has 2 amide bonds. The van der Waals surface area contributed by atoms with Crippen molar-refractivity contribution < 1.29 is 22.7 Å². The number of hydrogen-bond donors (Lipinski definition) is 2. The minimum atomic E-state index is -3.90. The standard InChI is InChI=1S/C19H21N3O5S/c1-12(23)20-15-4-7-19(27-3)17(11-15)21-28(25,26)16-5-6-18-14(10-16)8-9-22(18)13(2)24/h4-7,10-11,21H,8-9H2,1-3H3,(H,20,23). The lowest BCUT2D eigenvalue weighted by atomic mass is 10.2. The Kier molecular flexibility index (Phi) is 5.28. The number of anilines is 3. The van der Waals surface area contributed by atoms with E-state index in [9.17, 15) is 18.0 Å². The second-order valence-corrected chi connectivity index (χ2v) is 8.10. The number of amides is 2. The molecule has 1 aliphatic rings. The van der Waals surface area contributed by atoms with Crippen LogP contribution < -0.4 is 19.7 Å². The number of hydrogen-bond acceptors (Lipinski definition) is 5. The van der Waals surface area contributed by atoms with Crippen LogP contribution >= 0.6 is 0 Å². The summed E-state index contributed by atoms with van der Waals surface area (Å²) in [5.74, 6) is -0.0266. The Morgan fingerprint density at radius 3 is 2.50 bits per heavy atom. The van der Waals surface area contributed by atoms with Crippen LogP contribution in [0, 0.1) is 0 Å². The Morgan fingerprint density at radius 1 is 1.11 bits per heavy atom. The lowest BCUT2D eigenvalue weighted by Gasteiger charge is -2.16. The predicted octanol–water partition coefficient (Wildman–Crippen LogP) is 2.36. The molecular weight excluding hydrogens is 382 g/mol. The van der Waals surface area contributed by atoms with Crippen molar-refractivity contribution >= 4 is 38.9 Å². The van der Waals surface area contributed by atoms with Crippen molar-refractivity contribution in [2.45, 2.75) is 25.2 Å². The van der Waals surface area contributed by atoms with Crippen LogP contribution in [0.5, 0.6) is 5.75 Å². The molecule has 0 saturated carbocycles. The van der Waals surface area contributed by atoms with Crippen LogP contribution in [0.25, 0.3) is 0 Å². The molecular formula is C19H21N3O5S. The van der Waals surface area contributed by atoms with E-state index >= 15 is 0 Å². The maximum absolute atomic E-state index is 12.9. The predicted molar refractivity (Wildman–Crippen MR) is 106 cm³/mol. The molecule has 0 radical (unpaired) electrons. The zero-order valence-corrected chi connectivity index (χ0v) is 16.6. The van der Waals surface area contributed by atoms with E-state index in [0.29, 0.717) is 24.4 Å². The molecule has 8 nitrogen and oxygen atoms in total. The number of rotatable bonds is 5. The monoisotopic (exact) mass is 403 g/mol. The molecule has 1 heterocycles. The first kappa shape index (κ1) is 19.7. The highest BCUT2D eigenvalue weighted by Gasteiger charge is 2.25. The SMILES string of the molecule is COc1ccc(NC(C)=O)cc1NS(=O)(=O)c1ccc2c(c1)CCN2C(C)=O. The summed E-state index contributed by atoms with van der Waals surface area (Å²) in [4.78, 5) is 24.6. The molecule has 0 fully saturated rings. The Morgan fingerprint density at radius 2 is 1.86 bits per heavy atom. The van der Waals surface area contributed by atoms with E-state index in [1.165, 1.54) is 33.1 Å². The minimum absolute atomic E-state index is 0.0768. The lowest BCUT2D eigenvalue weighted by molar-refractivity contribution is -0.116. The van der Waals surface area contributed by atoms with E-state index in [2.05, 4.69) is 10.0 Å². The number of carbonyl (C=O) groups excluding carboxylic acids is 2. The molecule has 2 aromatic rings. The first-order valence-corrected chi connectivity index (χ1v) is 10.1. The summed E-state index contributed by atoms with van der Waals surface area (Å²) in [6, 6.07) is 9.35. The van der Waals surface area contributed by atoms with Crippen LogP contribution in [0.15, 0.2) is 41.3 Å². The molecule has 0 unspecified atom stereocenters. The molecule has 0 spiro atoms. The molecule has 0 bridgehead atoms. The van der Waals surface area contributed by atoms with Crippen LogP contribution in [-0.2, 0) is 26.0 Å². The third-order valence-corrected chi connectivity index (χ3v) is 5.76. The maximum Gasteiger partial charge on any atom is 0.262 e. The number of carbonyl (C=O) groups is 2. The Bertz CT molecular complexity index is 1050. The molecule has 148 valence electrons. The van der Waals surface area contributed by atoms with Crippen LogP contribution in [0.1, 0.15) is 19.4 Å². The average molecular weight is 403 g/mol. The molecule has 0 aromatic heterocycles. The Labute approximate surface area is 163 Å². The van der Waals surface area contributed by atoms with Crippen LogP contribution in [0.3, 0.4) is 0 Å². The quantitative estimate of drug-likeness (QED) is 0.797. The summed E-state index contributed by atoms with van der Waals surface area (Å²) in [5, 5.41) is 2.60. The van der Waals surface area contributed by atoms with Crippen molar-refractivity contribution in [3.05, 3.63) is 42.0 Å². The molecule has 28 heavy (non-hydrogen) atoms. The highest BCUT2D eigenvalue weighted by Crippen LogP contribution is 2.33. The van der Waals surface area contributed by atoms with Gasteiger partial charge in [0.1, 0.15) is 5.75 Å². The van der Waals surface area contributed by atoms with Crippen molar-refractivity contribution in [1.29, 1.82) is 0 Å². The van der Waals surface area contributed by atoms with E-state index in [1.54, 1.807) is 29.2 Å². The zero-order valence-electron chi connectivity index (χ0n) is 15.8. The van der Waals surface area contributed by atoms with E-state index < -0.39 is 10.0 Å². The summed E-state index contributed by atoms with van der Waals surface area (Å²) in [6.07, 6.45) is 0.597. The van der Waals surface area contributed by atoms with Gasteiger partial charge in [0.2, 0.25) is 11.8 Å². The number of benzene rings is 2. The number of fused-ring (bicyclic) bond motifs is 1. The summed E-state index contributed by atoms with van der Waals surface area (Å²) in [6.45, 7) is 3.38. The number of nitrogens with one attached hydrogen (secondary N) is 2. The van der Waals surface area contributed by atoms with Crippen LogP contribution in [0.2, 0.25) is 0 Å². The summed E-state index contributed by atoms with van der Waals surface area (Å²) < 4.78 is 33.5. The highest BCUT2D eigenvalue weighted by atomic mass is 32.2. The Hall–Kier alpha value is -3.07. The molecule has 9 heteroatoms. The minimum Gasteiger partial charge on any atom is -0.495 e. The third kappa shape index (κ3) is 3.94. The van der Waals surface area contributed by atoms with Gasteiger partial charge in [-0.2, -0.15) is 0 Å². The number of nitrogens with zero attached hydrogens (tertiary/aromatic N) is 1. The molecule has 0 atom stereocenters. The smallest absolute Gasteiger partial charge is 0.262 e. The van der Waals surface area contributed by atoms with E-state index in [-0.39, 0.29) is 22.4 Å². The topological polar surface area (TPSA) is 105 Å². The molecule has 1 aliphatic heterocycles. The molecule has 0 saturated heterocycles. The van der Waals surface area contributed by atoms with Crippen molar-refractivity contribution in [2.75, 3.05) is 28.6 Å². The summed E-state index contributed by atoms with van der Waals surface area (Å²) in [7, 11) is -2.47. The van der Waals surface area contributed by atoms with Crippen molar-refractivity contribution in [1.82, 2.24) is 0 Å². The first-order chi connectivity index (χ1) is 13.2. The van der Waals surface area contributed by atoms with Gasteiger partial charge in [0.15, 0.2) is 0 Å². The fourth-order valence-corrected chi connectivity index (χ4v) is 4.26. The van der Waals surface area contributed by atoms with Gasteiger partial charge >= 0.3 is 0 Å².